The quantitative estimate of drug-likeness (QED) is 0.641. The number of carboxylic acid groups (broad SMARTS) is 2. The van der Waals surface area contributed by atoms with Crippen LogP contribution in [0.4, 0.5) is 0 Å². The summed E-state index contributed by atoms with van der Waals surface area (Å²) in [7, 11) is 0. The van der Waals surface area contributed by atoms with Crippen LogP contribution in [0.2, 0.25) is 0 Å². The molecule has 1 aromatic rings. The van der Waals surface area contributed by atoms with E-state index >= 15 is 0 Å². The molecule has 0 aromatic heterocycles. The van der Waals surface area contributed by atoms with Gasteiger partial charge in [-0.15, -0.1) is 0 Å². The van der Waals surface area contributed by atoms with Gasteiger partial charge in [-0.05, 0) is 11.0 Å². The van der Waals surface area contributed by atoms with E-state index in [1.54, 1.807) is 39.0 Å². The Labute approximate surface area is 177 Å². The normalized spacial score (nSPS) is 10.9. The van der Waals surface area contributed by atoms with Gasteiger partial charge in [0, 0.05) is 0 Å². The summed E-state index contributed by atoms with van der Waals surface area (Å²) in [4.78, 5) is 23.1. The molecular formula is C13H18KNaO4. The van der Waals surface area contributed by atoms with E-state index in [4.69, 9.17) is 0 Å². The van der Waals surface area contributed by atoms with Crippen LogP contribution in [-0.2, 0) is 15.0 Å². The molecule has 4 nitrogen and oxygen atoms in total. The minimum absolute atomic E-state index is 0. The second-order valence-corrected chi connectivity index (χ2v) is 4.98. The maximum atomic E-state index is 11.5. The Morgan fingerprint density at radius 3 is 1.58 bits per heavy atom. The average Bonchev–Trinajstić information content (AvgIpc) is 2.16. The van der Waals surface area contributed by atoms with E-state index in [-0.39, 0.29) is 86.5 Å². The van der Waals surface area contributed by atoms with E-state index in [1.807, 2.05) is 0 Å². The fourth-order valence-corrected chi connectivity index (χ4v) is 2.10. The van der Waals surface area contributed by atoms with Crippen molar-refractivity contribution in [2.45, 2.75) is 26.2 Å². The first-order valence-electron chi connectivity index (χ1n) is 5.27. The van der Waals surface area contributed by atoms with Crippen LogP contribution in [0.5, 0.6) is 0 Å². The average molecular weight is 300 g/mol. The molecular weight excluding hydrogens is 282 g/mol. The van der Waals surface area contributed by atoms with Crippen molar-refractivity contribution in [1.29, 1.82) is 0 Å². The molecule has 1 aromatic carbocycles. The van der Waals surface area contributed by atoms with Gasteiger partial charge in [0.15, 0.2) is 5.41 Å². The molecule has 0 bridgehead atoms. The molecule has 0 saturated carbocycles. The molecule has 0 heterocycles. The van der Waals surface area contributed by atoms with Gasteiger partial charge >= 0.3 is 92.9 Å². The van der Waals surface area contributed by atoms with Crippen LogP contribution in [0.15, 0.2) is 30.3 Å². The van der Waals surface area contributed by atoms with Crippen molar-refractivity contribution >= 4 is 92.9 Å². The van der Waals surface area contributed by atoms with Crippen molar-refractivity contribution in [1.82, 2.24) is 0 Å². The first-order valence-corrected chi connectivity index (χ1v) is 5.27. The van der Waals surface area contributed by atoms with Gasteiger partial charge in [0.25, 0.3) is 0 Å². The van der Waals surface area contributed by atoms with E-state index in [1.165, 1.54) is 12.1 Å². The number of benzene rings is 1. The number of hydrogen-bond donors (Lipinski definition) is 2. The maximum absolute atomic E-state index is 11.5. The Kier molecular flexibility index (Phi) is 9.64. The molecule has 19 heavy (non-hydrogen) atoms. The summed E-state index contributed by atoms with van der Waals surface area (Å²) in [6.45, 7) is 4.84. The molecule has 0 spiro atoms. The number of carboxylic acids is 2. The van der Waals surface area contributed by atoms with Gasteiger partial charge in [-0.2, -0.15) is 0 Å². The monoisotopic (exact) mass is 300 g/mol. The molecule has 0 fully saturated rings. The third-order valence-electron chi connectivity index (χ3n) is 2.97. The Balaban J connectivity index is 0. The van der Waals surface area contributed by atoms with E-state index in [0.717, 1.165) is 0 Å². The van der Waals surface area contributed by atoms with Crippen LogP contribution >= 0.6 is 0 Å². The third-order valence-corrected chi connectivity index (χ3v) is 2.97. The molecule has 0 saturated heterocycles. The van der Waals surface area contributed by atoms with E-state index < -0.39 is 22.8 Å². The zero-order valence-corrected chi connectivity index (χ0v) is 10.1. The number of aliphatic carboxylic acids is 2. The van der Waals surface area contributed by atoms with E-state index in [2.05, 4.69) is 0 Å². The summed E-state index contributed by atoms with van der Waals surface area (Å²) in [5.74, 6) is -2.69. The van der Waals surface area contributed by atoms with Gasteiger partial charge in [-0.1, -0.05) is 51.1 Å². The Morgan fingerprint density at radius 2 is 1.32 bits per heavy atom. The topological polar surface area (TPSA) is 74.6 Å². The van der Waals surface area contributed by atoms with Crippen molar-refractivity contribution in [3.63, 3.8) is 0 Å². The van der Waals surface area contributed by atoms with Crippen molar-refractivity contribution < 1.29 is 19.8 Å². The third kappa shape index (κ3) is 4.14. The Bertz CT molecular complexity index is 426. The summed E-state index contributed by atoms with van der Waals surface area (Å²) in [6.07, 6.45) is 0. The second-order valence-electron chi connectivity index (χ2n) is 4.98. The molecule has 0 radical (unpaired) electrons. The Morgan fingerprint density at radius 1 is 0.947 bits per heavy atom. The molecule has 0 unspecified atom stereocenters. The standard InChI is InChI=1S/C13H16O4.K.Na.2H/c1-12(2,3)13(10(14)15,11(16)17)9-7-5-4-6-8-9;;;;/h4-8H,1-3H3,(H,14,15)(H,16,17);;;;. The minimum atomic E-state index is -1.94. The summed E-state index contributed by atoms with van der Waals surface area (Å²) >= 11 is 0. The van der Waals surface area contributed by atoms with E-state index in [0.29, 0.717) is 0 Å². The summed E-state index contributed by atoms with van der Waals surface area (Å²) in [6, 6.07) is 8.07. The molecule has 0 aliphatic heterocycles. The van der Waals surface area contributed by atoms with Crippen LogP contribution < -0.4 is 0 Å². The predicted molar refractivity (Wildman–Crippen MR) is 77.1 cm³/mol. The van der Waals surface area contributed by atoms with E-state index in [9.17, 15) is 19.8 Å². The van der Waals surface area contributed by atoms with Crippen LogP contribution in [0, 0.1) is 5.41 Å². The molecule has 0 amide bonds. The van der Waals surface area contributed by atoms with Crippen molar-refractivity contribution in [3.8, 4) is 0 Å². The fraction of sp³-hybridized carbons (Fsp3) is 0.385. The second kappa shape index (κ2) is 8.29. The number of rotatable bonds is 3. The molecule has 2 N–H and O–H groups in total. The van der Waals surface area contributed by atoms with Crippen LogP contribution in [0.1, 0.15) is 26.3 Å². The molecule has 0 aliphatic carbocycles. The predicted octanol–water partition coefficient (Wildman–Crippen LogP) is 0.843. The SMILES string of the molecule is CC(C)(C)C(C(=O)O)(C(=O)O)c1ccccc1.[KH].[NaH]. The van der Waals surface area contributed by atoms with Gasteiger partial charge in [-0.25, -0.2) is 0 Å². The number of carbonyl (C=O) groups is 2. The first-order chi connectivity index (χ1) is 7.74. The molecule has 6 heteroatoms. The summed E-state index contributed by atoms with van der Waals surface area (Å²) in [5.41, 5.74) is -2.59. The van der Waals surface area contributed by atoms with Crippen LogP contribution in [0.3, 0.4) is 0 Å². The first kappa shape index (κ1) is 22.1. The van der Waals surface area contributed by atoms with Crippen molar-refractivity contribution in [2.75, 3.05) is 0 Å². The van der Waals surface area contributed by atoms with Crippen molar-refractivity contribution in [2.24, 2.45) is 5.41 Å². The Hall–Kier alpha value is 0.796. The van der Waals surface area contributed by atoms with Gasteiger partial charge in [0.2, 0.25) is 0 Å². The van der Waals surface area contributed by atoms with Gasteiger partial charge in [0.1, 0.15) is 0 Å². The molecule has 1 rings (SSSR count). The fourth-order valence-electron chi connectivity index (χ4n) is 2.10. The summed E-state index contributed by atoms with van der Waals surface area (Å²) < 4.78 is 0. The molecule has 96 valence electrons. The van der Waals surface area contributed by atoms with Gasteiger partial charge < -0.3 is 10.2 Å². The molecule has 0 atom stereocenters. The summed E-state index contributed by atoms with van der Waals surface area (Å²) in [5, 5.41) is 18.8. The van der Waals surface area contributed by atoms with Crippen LogP contribution in [0.25, 0.3) is 0 Å². The zero-order valence-electron chi connectivity index (χ0n) is 10.1. The van der Waals surface area contributed by atoms with Gasteiger partial charge in [-0.3, -0.25) is 9.59 Å². The zero-order chi connectivity index (χ0) is 13.3. The van der Waals surface area contributed by atoms with Crippen molar-refractivity contribution in [3.05, 3.63) is 35.9 Å². The van der Waals surface area contributed by atoms with Crippen LogP contribution in [-0.4, -0.2) is 103 Å². The number of hydrogen-bond acceptors (Lipinski definition) is 2. The van der Waals surface area contributed by atoms with Gasteiger partial charge in [0.05, 0.1) is 0 Å². The molecule has 0 aliphatic rings.